The fraction of sp³-hybridized carbons (Fsp3) is 0.176. The van der Waals surface area contributed by atoms with Crippen LogP contribution in [0.1, 0.15) is 12.5 Å². The van der Waals surface area contributed by atoms with Gasteiger partial charge in [0.2, 0.25) is 6.10 Å². The smallest absolute Gasteiger partial charge is 0.284 e. The summed E-state index contributed by atoms with van der Waals surface area (Å²) in [5.41, 5.74) is 10.4. The van der Waals surface area contributed by atoms with Crippen molar-refractivity contribution in [3.63, 3.8) is 0 Å². The Hall–Kier alpha value is -3.02. The standard InChI is InChI=1S/C17H17N3O3/c1-11(12-5-4-6-13(18)9-12)19-20-17(21)16-10-22-14-7-2-3-8-15(14)23-16/h2-9,16H,10,18H2,1H3,(H,20,21)/b19-11-. The van der Waals surface area contributed by atoms with Crippen molar-refractivity contribution < 1.29 is 14.3 Å². The van der Waals surface area contributed by atoms with Gasteiger partial charge in [0.05, 0.1) is 5.71 Å². The highest BCUT2D eigenvalue weighted by atomic mass is 16.6. The quantitative estimate of drug-likeness (QED) is 0.515. The number of hydrogen-bond acceptors (Lipinski definition) is 5. The summed E-state index contributed by atoms with van der Waals surface area (Å²) >= 11 is 0. The normalized spacial score (nSPS) is 16.7. The average Bonchev–Trinajstić information content (AvgIpc) is 2.59. The monoisotopic (exact) mass is 311 g/mol. The number of nitrogen functional groups attached to an aromatic ring is 1. The van der Waals surface area contributed by atoms with Crippen LogP contribution in [-0.2, 0) is 4.79 Å². The number of para-hydroxylation sites is 2. The molecule has 118 valence electrons. The van der Waals surface area contributed by atoms with E-state index in [1.54, 1.807) is 31.2 Å². The first kappa shape index (κ1) is 14.9. The van der Waals surface area contributed by atoms with E-state index in [9.17, 15) is 4.79 Å². The van der Waals surface area contributed by atoms with Crippen LogP contribution in [0.25, 0.3) is 0 Å². The lowest BCUT2D eigenvalue weighted by atomic mass is 10.1. The van der Waals surface area contributed by atoms with Gasteiger partial charge in [0.1, 0.15) is 6.61 Å². The van der Waals surface area contributed by atoms with E-state index in [4.69, 9.17) is 15.2 Å². The van der Waals surface area contributed by atoms with Gasteiger partial charge in [0, 0.05) is 5.69 Å². The second-order valence-electron chi connectivity index (χ2n) is 5.16. The maximum atomic E-state index is 12.2. The van der Waals surface area contributed by atoms with E-state index in [2.05, 4.69) is 10.5 Å². The van der Waals surface area contributed by atoms with Gasteiger partial charge >= 0.3 is 0 Å². The van der Waals surface area contributed by atoms with Gasteiger partial charge < -0.3 is 15.2 Å². The second kappa shape index (κ2) is 6.39. The van der Waals surface area contributed by atoms with Gasteiger partial charge in [-0.1, -0.05) is 24.3 Å². The van der Waals surface area contributed by atoms with Gasteiger partial charge in [-0.25, -0.2) is 5.43 Å². The average molecular weight is 311 g/mol. The summed E-state index contributed by atoms with van der Waals surface area (Å²) < 4.78 is 11.1. The minimum Gasteiger partial charge on any atom is -0.485 e. The largest absolute Gasteiger partial charge is 0.485 e. The summed E-state index contributed by atoms with van der Waals surface area (Å²) in [6, 6.07) is 14.5. The summed E-state index contributed by atoms with van der Waals surface area (Å²) in [5, 5.41) is 4.09. The zero-order chi connectivity index (χ0) is 16.2. The third-order valence-corrected chi connectivity index (χ3v) is 3.44. The molecule has 0 aromatic heterocycles. The minimum atomic E-state index is -0.734. The maximum Gasteiger partial charge on any atom is 0.284 e. The lowest BCUT2D eigenvalue weighted by Gasteiger charge is -2.24. The Labute approximate surface area is 133 Å². The molecule has 1 aliphatic heterocycles. The fourth-order valence-electron chi connectivity index (χ4n) is 2.19. The number of nitrogens with zero attached hydrogens (tertiary/aromatic N) is 1. The lowest BCUT2D eigenvalue weighted by molar-refractivity contribution is -0.130. The molecule has 1 atom stereocenters. The van der Waals surface area contributed by atoms with Crippen molar-refractivity contribution >= 4 is 17.3 Å². The van der Waals surface area contributed by atoms with Gasteiger partial charge in [-0.2, -0.15) is 5.10 Å². The lowest BCUT2D eigenvalue weighted by Crippen LogP contribution is -2.42. The molecule has 0 bridgehead atoms. The van der Waals surface area contributed by atoms with Crippen molar-refractivity contribution in [1.29, 1.82) is 0 Å². The number of carbonyl (C=O) groups excluding carboxylic acids is 1. The first-order valence-corrected chi connectivity index (χ1v) is 7.22. The SMILES string of the molecule is C/C(=N/NC(=O)C1COc2ccccc2O1)c1cccc(N)c1. The molecule has 2 aromatic rings. The van der Waals surface area contributed by atoms with Crippen molar-refractivity contribution in [2.75, 3.05) is 12.3 Å². The molecule has 1 aliphatic rings. The predicted octanol–water partition coefficient (Wildman–Crippen LogP) is 1.95. The Morgan fingerprint density at radius 1 is 1.22 bits per heavy atom. The summed E-state index contributed by atoms with van der Waals surface area (Å²) in [6.07, 6.45) is -0.734. The highest BCUT2D eigenvalue weighted by molar-refractivity contribution is 6.00. The molecule has 6 nitrogen and oxygen atoms in total. The molecule has 23 heavy (non-hydrogen) atoms. The van der Waals surface area contributed by atoms with E-state index < -0.39 is 6.10 Å². The molecule has 0 radical (unpaired) electrons. The molecule has 0 saturated heterocycles. The van der Waals surface area contributed by atoms with Crippen LogP contribution in [0, 0.1) is 0 Å². The first-order valence-electron chi connectivity index (χ1n) is 7.22. The molecule has 0 fully saturated rings. The van der Waals surface area contributed by atoms with Crippen molar-refractivity contribution in [3.05, 3.63) is 54.1 Å². The molecular formula is C17H17N3O3. The fourth-order valence-corrected chi connectivity index (χ4v) is 2.19. The second-order valence-corrected chi connectivity index (χ2v) is 5.16. The van der Waals surface area contributed by atoms with Crippen LogP contribution in [0.5, 0.6) is 11.5 Å². The number of benzene rings is 2. The molecule has 0 aliphatic carbocycles. The highest BCUT2D eigenvalue weighted by Gasteiger charge is 2.27. The Bertz CT molecular complexity index is 758. The van der Waals surface area contributed by atoms with Gasteiger partial charge in [-0.15, -0.1) is 0 Å². The van der Waals surface area contributed by atoms with Crippen LogP contribution in [-0.4, -0.2) is 24.3 Å². The van der Waals surface area contributed by atoms with Crippen molar-refractivity contribution in [2.45, 2.75) is 13.0 Å². The van der Waals surface area contributed by atoms with E-state index in [0.717, 1.165) is 5.56 Å². The van der Waals surface area contributed by atoms with E-state index in [-0.39, 0.29) is 12.5 Å². The number of rotatable bonds is 3. The zero-order valence-electron chi connectivity index (χ0n) is 12.7. The van der Waals surface area contributed by atoms with E-state index in [1.807, 2.05) is 24.3 Å². The predicted molar refractivity (Wildman–Crippen MR) is 87.6 cm³/mol. The minimum absolute atomic E-state index is 0.149. The number of hydrazone groups is 1. The summed E-state index contributed by atoms with van der Waals surface area (Å²) in [5.74, 6) is 0.828. The van der Waals surface area contributed by atoms with Gasteiger partial charge in [-0.05, 0) is 36.8 Å². The zero-order valence-corrected chi connectivity index (χ0v) is 12.7. The number of ether oxygens (including phenoxy) is 2. The van der Waals surface area contributed by atoms with Gasteiger partial charge in [0.15, 0.2) is 11.5 Å². The molecule has 0 saturated carbocycles. The summed E-state index contributed by atoms with van der Waals surface area (Å²) in [7, 11) is 0. The Kier molecular flexibility index (Phi) is 4.14. The van der Waals surface area contributed by atoms with Crippen LogP contribution in [0.15, 0.2) is 53.6 Å². The molecule has 3 rings (SSSR count). The van der Waals surface area contributed by atoms with Gasteiger partial charge in [-0.3, -0.25) is 4.79 Å². The Balaban J connectivity index is 1.65. The number of fused-ring (bicyclic) bond motifs is 1. The number of carbonyl (C=O) groups is 1. The first-order chi connectivity index (χ1) is 11.1. The summed E-state index contributed by atoms with van der Waals surface area (Å²) in [4.78, 5) is 12.2. The number of hydrogen-bond donors (Lipinski definition) is 2. The molecule has 6 heteroatoms. The van der Waals surface area contributed by atoms with Crippen LogP contribution in [0.2, 0.25) is 0 Å². The number of nitrogens with two attached hydrogens (primary N) is 1. The Morgan fingerprint density at radius 2 is 2.00 bits per heavy atom. The highest BCUT2D eigenvalue weighted by Crippen LogP contribution is 2.30. The van der Waals surface area contributed by atoms with Crippen LogP contribution >= 0.6 is 0 Å². The molecular weight excluding hydrogens is 294 g/mol. The summed E-state index contributed by atoms with van der Waals surface area (Å²) in [6.45, 7) is 1.94. The molecule has 1 unspecified atom stereocenters. The van der Waals surface area contributed by atoms with E-state index in [0.29, 0.717) is 22.9 Å². The molecule has 1 heterocycles. The van der Waals surface area contributed by atoms with Crippen LogP contribution in [0.4, 0.5) is 5.69 Å². The maximum absolute atomic E-state index is 12.2. The number of nitrogens with one attached hydrogen (secondary N) is 1. The van der Waals surface area contributed by atoms with Crippen molar-refractivity contribution in [3.8, 4) is 11.5 Å². The molecule has 1 amide bonds. The van der Waals surface area contributed by atoms with Crippen molar-refractivity contribution in [2.24, 2.45) is 5.10 Å². The molecule has 0 spiro atoms. The van der Waals surface area contributed by atoms with Gasteiger partial charge in [0.25, 0.3) is 5.91 Å². The van der Waals surface area contributed by atoms with Crippen molar-refractivity contribution in [1.82, 2.24) is 5.43 Å². The third-order valence-electron chi connectivity index (χ3n) is 3.44. The number of amides is 1. The number of anilines is 1. The molecule has 2 aromatic carbocycles. The van der Waals surface area contributed by atoms with Crippen LogP contribution < -0.4 is 20.6 Å². The van der Waals surface area contributed by atoms with E-state index in [1.165, 1.54) is 0 Å². The topological polar surface area (TPSA) is 85.9 Å². The van der Waals surface area contributed by atoms with Crippen LogP contribution in [0.3, 0.4) is 0 Å². The third kappa shape index (κ3) is 3.42. The molecule has 3 N–H and O–H groups in total. The Morgan fingerprint density at radius 3 is 2.78 bits per heavy atom. The van der Waals surface area contributed by atoms with E-state index >= 15 is 0 Å².